The largest absolute Gasteiger partial charge is 0.426 e. The summed E-state index contributed by atoms with van der Waals surface area (Å²) in [5, 5.41) is 3.05. The van der Waals surface area contributed by atoms with E-state index in [9.17, 15) is 9.59 Å². The van der Waals surface area contributed by atoms with Crippen LogP contribution in [0.3, 0.4) is 0 Å². The van der Waals surface area contributed by atoms with Crippen molar-refractivity contribution in [3.8, 4) is 16.9 Å². The molecule has 0 heterocycles. The Balaban J connectivity index is 1.10. The third-order valence-corrected chi connectivity index (χ3v) is 9.01. The van der Waals surface area contributed by atoms with Crippen LogP contribution in [0.5, 0.6) is 5.75 Å². The molecule has 0 bridgehead atoms. The van der Waals surface area contributed by atoms with E-state index >= 15 is 0 Å². The number of aryl methyl sites for hydroxylation is 2. The van der Waals surface area contributed by atoms with Gasteiger partial charge in [-0.2, -0.15) is 0 Å². The molecular formula is C35H41NO3. The van der Waals surface area contributed by atoms with Crippen molar-refractivity contribution in [2.24, 2.45) is 17.8 Å². The van der Waals surface area contributed by atoms with Gasteiger partial charge in [-0.3, -0.25) is 9.59 Å². The Bertz CT molecular complexity index is 1280. The van der Waals surface area contributed by atoms with Crippen molar-refractivity contribution < 1.29 is 14.3 Å². The summed E-state index contributed by atoms with van der Waals surface area (Å²) in [6.07, 6.45) is 8.00. The fraction of sp³-hybridized carbons (Fsp3) is 0.429. The number of carbonyl (C=O) groups excluding carboxylic acids is 2. The third kappa shape index (κ3) is 6.79. The van der Waals surface area contributed by atoms with E-state index in [2.05, 4.69) is 43.4 Å². The highest BCUT2D eigenvalue weighted by Crippen LogP contribution is 2.36. The van der Waals surface area contributed by atoms with Gasteiger partial charge < -0.3 is 10.1 Å². The smallest absolute Gasteiger partial charge is 0.314 e. The van der Waals surface area contributed by atoms with Crippen LogP contribution in [0.2, 0.25) is 0 Å². The van der Waals surface area contributed by atoms with Crippen molar-refractivity contribution in [1.29, 1.82) is 0 Å². The monoisotopic (exact) mass is 523 g/mol. The second kappa shape index (κ2) is 12.2. The van der Waals surface area contributed by atoms with Gasteiger partial charge in [-0.05, 0) is 116 Å². The van der Waals surface area contributed by atoms with Gasteiger partial charge in [-0.1, -0.05) is 62.2 Å². The molecule has 4 nitrogen and oxygen atoms in total. The Labute approximate surface area is 233 Å². The van der Waals surface area contributed by atoms with Crippen LogP contribution < -0.4 is 10.1 Å². The maximum Gasteiger partial charge on any atom is 0.314 e. The van der Waals surface area contributed by atoms with Crippen LogP contribution in [0.25, 0.3) is 11.1 Å². The van der Waals surface area contributed by atoms with Gasteiger partial charge in [-0.15, -0.1) is 0 Å². The van der Waals surface area contributed by atoms with Crippen LogP contribution in [-0.2, 0) is 9.59 Å². The summed E-state index contributed by atoms with van der Waals surface area (Å²) in [6.45, 7) is 6.47. The summed E-state index contributed by atoms with van der Waals surface area (Å²) < 4.78 is 5.73. The third-order valence-electron chi connectivity index (χ3n) is 9.01. The number of carbonyl (C=O) groups is 2. The molecule has 0 radical (unpaired) electrons. The molecule has 0 aromatic heterocycles. The first-order valence-corrected chi connectivity index (χ1v) is 14.7. The summed E-state index contributed by atoms with van der Waals surface area (Å²) in [7, 11) is 0. The molecule has 0 unspecified atom stereocenters. The normalized spacial score (nSPS) is 23.2. The molecule has 1 amide bonds. The molecule has 0 spiro atoms. The zero-order valence-electron chi connectivity index (χ0n) is 23.5. The number of amides is 1. The van der Waals surface area contributed by atoms with Gasteiger partial charge in [0.05, 0.1) is 5.92 Å². The molecule has 0 atom stereocenters. The van der Waals surface area contributed by atoms with Crippen LogP contribution in [-0.4, -0.2) is 11.9 Å². The Morgan fingerprint density at radius 2 is 1.28 bits per heavy atom. The Morgan fingerprint density at radius 3 is 1.90 bits per heavy atom. The average Bonchev–Trinajstić information content (AvgIpc) is 2.96. The molecule has 2 aliphatic carbocycles. The highest BCUT2D eigenvalue weighted by Gasteiger charge is 2.31. The van der Waals surface area contributed by atoms with Crippen LogP contribution >= 0.6 is 0 Å². The van der Waals surface area contributed by atoms with E-state index in [1.54, 1.807) is 0 Å². The molecule has 0 aliphatic heterocycles. The summed E-state index contributed by atoms with van der Waals surface area (Å²) in [4.78, 5) is 25.6. The lowest BCUT2D eigenvalue weighted by Crippen LogP contribution is -2.31. The summed E-state index contributed by atoms with van der Waals surface area (Å²) >= 11 is 0. The summed E-state index contributed by atoms with van der Waals surface area (Å²) in [5.74, 6) is 1.76. The quantitative estimate of drug-likeness (QED) is 0.260. The fourth-order valence-electron chi connectivity index (χ4n) is 6.11. The van der Waals surface area contributed by atoms with Crippen LogP contribution in [0.15, 0.2) is 66.7 Å². The van der Waals surface area contributed by atoms with Gasteiger partial charge in [0.25, 0.3) is 0 Å². The number of benzene rings is 3. The standard InChI is InChI=1S/C35H41NO3/c1-23-4-7-26(8-5-23)27-9-11-28(12-10-27)29-17-20-33(21-18-29)39-35(38)31-15-13-30(14-16-31)34(37)36-32-19-6-24(2)25(3)22-32/h6,9-12,17-23,26,30-31H,4-5,7-8,13-16H2,1-3H3,(H,36,37). The van der Waals surface area contributed by atoms with Gasteiger partial charge in [-0.25, -0.2) is 0 Å². The lowest BCUT2D eigenvalue weighted by Gasteiger charge is -2.26. The lowest BCUT2D eigenvalue weighted by atomic mass is 9.79. The zero-order chi connectivity index (χ0) is 27.4. The first-order valence-electron chi connectivity index (χ1n) is 14.7. The van der Waals surface area contributed by atoms with E-state index in [1.165, 1.54) is 42.4 Å². The van der Waals surface area contributed by atoms with Crippen LogP contribution in [0.1, 0.15) is 80.9 Å². The molecule has 2 aliphatic rings. The second-order valence-corrected chi connectivity index (χ2v) is 11.9. The maximum atomic E-state index is 12.8. The number of ether oxygens (including phenoxy) is 1. The van der Waals surface area contributed by atoms with E-state index in [1.807, 2.05) is 49.4 Å². The minimum atomic E-state index is -0.193. The molecule has 3 aromatic carbocycles. The van der Waals surface area contributed by atoms with Gasteiger partial charge in [0.2, 0.25) is 5.91 Å². The molecule has 2 fully saturated rings. The molecular weight excluding hydrogens is 482 g/mol. The van der Waals surface area contributed by atoms with E-state index < -0.39 is 0 Å². The Hall–Kier alpha value is -3.40. The summed E-state index contributed by atoms with van der Waals surface area (Å²) in [5.41, 5.74) is 6.96. The predicted molar refractivity (Wildman–Crippen MR) is 158 cm³/mol. The lowest BCUT2D eigenvalue weighted by molar-refractivity contribution is -0.141. The topological polar surface area (TPSA) is 55.4 Å². The molecule has 39 heavy (non-hydrogen) atoms. The van der Waals surface area contributed by atoms with Crippen LogP contribution in [0, 0.1) is 31.6 Å². The first-order chi connectivity index (χ1) is 18.9. The van der Waals surface area contributed by atoms with Crippen molar-refractivity contribution in [3.05, 3.63) is 83.4 Å². The van der Waals surface area contributed by atoms with Gasteiger partial charge in [0.15, 0.2) is 0 Å². The maximum absolute atomic E-state index is 12.8. The number of hydrogen-bond donors (Lipinski definition) is 1. The van der Waals surface area contributed by atoms with Crippen molar-refractivity contribution in [3.63, 3.8) is 0 Å². The van der Waals surface area contributed by atoms with Gasteiger partial charge in [0.1, 0.15) is 5.75 Å². The van der Waals surface area contributed by atoms with Crippen molar-refractivity contribution >= 4 is 17.6 Å². The predicted octanol–water partition coefficient (Wildman–Crippen LogP) is 8.61. The Kier molecular flexibility index (Phi) is 8.50. The molecule has 3 aromatic rings. The zero-order valence-corrected chi connectivity index (χ0v) is 23.5. The number of anilines is 1. The van der Waals surface area contributed by atoms with E-state index in [0.29, 0.717) is 37.4 Å². The highest BCUT2D eigenvalue weighted by atomic mass is 16.5. The SMILES string of the molecule is Cc1ccc(NC(=O)C2CCC(C(=O)Oc3ccc(-c4ccc(C5CCC(C)CC5)cc4)cc3)CC2)cc1C. The van der Waals surface area contributed by atoms with E-state index in [-0.39, 0.29) is 23.7 Å². The van der Waals surface area contributed by atoms with Crippen molar-refractivity contribution in [1.82, 2.24) is 0 Å². The highest BCUT2D eigenvalue weighted by molar-refractivity contribution is 5.92. The van der Waals surface area contributed by atoms with E-state index in [4.69, 9.17) is 4.74 Å². The molecule has 204 valence electrons. The molecule has 4 heteroatoms. The second-order valence-electron chi connectivity index (χ2n) is 11.9. The van der Waals surface area contributed by atoms with Crippen LogP contribution in [0.4, 0.5) is 5.69 Å². The fourth-order valence-corrected chi connectivity index (χ4v) is 6.11. The minimum absolute atomic E-state index is 0.0435. The minimum Gasteiger partial charge on any atom is -0.426 e. The number of esters is 1. The molecule has 5 rings (SSSR count). The first kappa shape index (κ1) is 27.2. The number of hydrogen-bond acceptors (Lipinski definition) is 3. The molecule has 0 saturated heterocycles. The molecule has 2 saturated carbocycles. The van der Waals surface area contributed by atoms with Gasteiger partial charge in [0, 0.05) is 11.6 Å². The van der Waals surface area contributed by atoms with Crippen molar-refractivity contribution in [2.45, 2.75) is 78.1 Å². The molecule has 1 N–H and O–H groups in total. The van der Waals surface area contributed by atoms with E-state index in [0.717, 1.165) is 22.7 Å². The Morgan fingerprint density at radius 1 is 0.692 bits per heavy atom. The number of rotatable bonds is 6. The van der Waals surface area contributed by atoms with Gasteiger partial charge >= 0.3 is 5.97 Å². The summed E-state index contributed by atoms with van der Waals surface area (Å²) in [6, 6.07) is 22.8. The average molecular weight is 524 g/mol. The number of nitrogens with one attached hydrogen (secondary N) is 1. The van der Waals surface area contributed by atoms with Crippen molar-refractivity contribution in [2.75, 3.05) is 5.32 Å².